The molecule has 3 rings (SSSR count). The average molecular weight is 269 g/mol. The Morgan fingerprint density at radius 3 is 2.55 bits per heavy atom. The van der Waals surface area contributed by atoms with Crippen molar-refractivity contribution in [2.75, 3.05) is 0 Å². The highest BCUT2D eigenvalue weighted by Gasteiger charge is 2.23. The first-order valence-corrected chi connectivity index (χ1v) is 6.80. The number of carbonyl (C=O) groups is 1. The third-order valence-electron chi connectivity index (χ3n) is 3.76. The lowest BCUT2D eigenvalue weighted by atomic mass is 9.91. The minimum atomic E-state index is -0.272. The number of rotatable bonds is 3. The van der Waals surface area contributed by atoms with Crippen LogP contribution < -0.4 is 5.32 Å². The van der Waals surface area contributed by atoms with Gasteiger partial charge in [-0.15, -0.1) is 0 Å². The van der Waals surface area contributed by atoms with Gasteiger partial charge in [0.15, 0.2) is 5.78 Å². The molecule has 0 saturated heterocycles. The number of hydrogen-bond acceptors (Lipinski definition) is 2. The number of nitrogens with one attached hydrogen (secondary N) is 1. The van der Waals surface area contributed by atoms with Crippen LogP contribution in [0.25, 0.3) is 0 Å². The van der Waals surface area contributed by atoms with E-state index in [-0.39, 0.29) is 17.6 Å². The molecule has 1 unspecified atom stereocenters. The van der Waals surface area contributed by atoms with Crippen molar-refractivity contribution in [1.29, 1.82) is 0 Å². The minimum absolute atomic E-state index is 0.144. The van der Waals surface area contributed by atoms with E-state index in [4.69, 9.17) is 0 Å². The van der Waals surface area contributed by atoms with Gasteiger partial charge in [-0.3, -0.25) is 4.79 Å². The van der Waals surface area contributed by atoms with Crippen LogP contribution in [-0.4, -0.2) is 11.8 Å². The van der Waals surface area contributed by atoms with E-state index in [2.05, 4.69) is 17.4 Å². The van der Waals surface area contributed by atoms with Crippen LogP contribution in [0.1, 0.15) is 16.7 Å². The van der Waals surface area contributed by atoms with Gasteiger partial charge in [-0.05, 0) is 35.2 Å². The Morgan fingerprint density at radius 1 is 1.10 bits per heavy atom. The highest BCUT2D eigenvalue weighted by Crippen LogP contribution is 2.17. The smallest absolute Gasteiger partial charge is 0.154 e. The van der Waals surface area contributed by atoms with Crippen LogP contribution in [0.5, 0.6) is 0 Å². The van der Waals surface area contributed by atoms with Crippen molar-refractivity contribution in [1.82, 2.24) is 5.32 Å². The summed E-state index contributed by atoms with van der Waals surface area (Å²) in [5.74, 6) is -0.114. The maximum atomic E-state index is 12.8. The molecule has 2 nitrogen and oxygen atoms in total. The fraction of sp³-hybridized carbons (Fsp3) is 0.235. The second kappa shape index (κ2) is 5.55. The lowest BCUT2D eigenvalue weighted by molar-refractivity contribution is -0.120. The summed E-state index contributed by atoms with van der Waals surface area (Å²) in [6.07, 6.45) is 1.08. The molecule has 0 aliphatic carbocycles. The molecule has 2 aromatic carbocycles. The number of hydrogen-bond donors (Lipinski definition) is 1. The largest absolute Gasteiger partial charge is 0.303 e. The number of benzene rings is 2. The Morgan fingerprint density at radius 2 is 1.80 bits per heavy atom. The van der Waals surface area contributed by atoms with E-state index < -0.39 is 0 Å². The molecule has 1 heterocycles. The topological polar surface area (TPSA) is 29.1 Å². The van der Waals surface area contributed by atoms with E-state index in [0.29, 0.717) is 6.42 Å². The van der Waals surface area contributed by atoms with E-state index >= 15 is 0 Å². The lowest BCUT2D eigenvalue weighted by Gasteiger charge is -2.25. The van der Waals surface area contributed by atoms with Crippen molar-refractivity contribution in [3.05, 3.63) is 71.0 Å². The fourth-order valence-electron chi connectivity index (χ4n) is 2.61. The van der Waals surface area contributed by atoms with Crippen LogP contribution in [0, 0.1) is 5.82 Å². The number of fused-ring (bicyclic) bond motifs is 1. The molecule has 102 valence electrons. The summed E-state index contributed by atoms with van der Waals surface area (Å²) in [7, 11) is 0. The van der Waals surface area contributed by atoms with E-state index in [1.54, 1.807) is 12.1 Å². The molecule has 0 bridgehead atoms. The molecule has 1 aliphatic rings. The Hall–Kier alpha value is -2.00. The summed E-state index contributed by atoms with van der Waals surface area (Å²) < 4.78 is 12.8. The third kappa shape index (κ3) is 2.78. The second-order valence-electron chi connectivity index (χ2n) is 5.18. The molecular weight excluding hydrogens is 253 g/mol. The highest BCUT2D eigenvalue weighted by atomic mass is 19.1. The summed E-state index contributed by atoms with van der Waals surface area (Å²) in [6.45, 7) is 0.732. The summed E-state index contributed by atoms with van der Waals surface area (Å²) in [6, 6.07) is 14.2. The SMILES string of the molecule is O=C(Cc1ccc(F)cc1)C1Cc2ccccc2CN1. The van der Waals surface area contributed by atoms with Crippen molar-refractivity contribution >= 4 is 5.78 Å². The quantitative estimate of drug-likeness (QED) is 0.928. The molecule has 0 amide bonds. The first-order chi connectivity index (χ1) is 9.72. The lowest BCUT2D eigenvalue weighted by Crippen LogP contribution is -2.42. The van der Waals surface area contributed by atoms with Crippen LogP contribution >= 0.6 is 0 Å². The van der Waals surface area contributed by atoms with Gasteiger partial charge in [0, 0.05) is 13.0 Å². The average Bonchev–Trinajstić information content (AvgIpc) is 2.49. The van der Waals surface area contributed by atoms with Crippen LogP contribution in [0.2, 0.25) is 0 Å². The first-order valence-electron chi connectivity index (χ1n) is 6.80. The van der Waals surface area contributed by atoms with Gasteiger partial charge in [-0.2, -0.15) is 0 Å². The van der Waals surface area contributed by atoms with Crippen LogP contribution in [0.15, 0.2) is 48.5 Å². The molecule has 20 heavy (non-hydrogen) atoms. The van der Waals surface area contributed by atoms with E-state index in [9.17, 15) is 9.18 Å². The van der Waals surface area contributed by atoms with Gasteiger partial charge in [0.25, 0.3) is 0 Å². The van der Waals surface area contributed by atoms with Crippen molar-refractivity contribution in [2.24, 2.45) is 0 Å². The molecule has 0 radical (unpaired) electrons. The number of carbonyl (C=O) groups excluding carboxylic acids is 1. The summed E-state index contributed by atoms with van der Waals surface area (Å²) in [4.78, 5) is 12.3. The summed E-state index contributed by atoms with van der Waals surface area (Å²) in [5, 5.41) is 3.28. The van der Waals surface area contributed by atoms with Gasteiger partial charge < -0.3 is 5.32 Å². The van der Waals surface area contributed by atoms with Gasteiger partial charge in [0.05, 0.1) is 6.04 Å². The van der Waals surface area contributed by atoms with Gasteiger partial charge >= 0.3 is 0 Å². The van der Waals surface area contributed by atoms with Crippen LogP contribution in [0.4, 0.5) is 4.39 Å². The fourth-order valence-corrected chi connectivity index (χ4v) is 2.61. The molecule has 1 aliphatic heterocycles. The van der Waals surface area contributed by atoms with Gasteiger partial charge in [-0.1, -0.05) is 36.4 Å². The molecular formula is C17H16FNO. The zero-order chi connectivity index (χ0) is 13.9. The predicted molar refractivity (Wildman–Crippen MR) is 75.9 cm³/mol. The van der Waals surface area contributed by atoms with Crippen molar-refractivity contribution < 1.29 is 9.18 Å². The van der Waals surface area contributed by atoms with Crippen molar-refractivity contribution in [3.63, 3.8) is 0 Å². The predicted octanol–water partition coefficient (Wildman–Crippen LogP) is 2.65. The summed E-state index contributed by atoms with van der Waals surface area (Å²) in [5.41, 5.74) is 3.36. The molecule has 0 fully saturated rings. The van der Waals surface area contributed by atoms with Crippen LogP contribution in [0.3, 0.4) is 0 Å². The molecule has 3 heteroatoms. The van der Waals surface area contributed by atoms with E-state index in [0.717, 1.165) is 18.5 Å². The number of Topliss-reactive ketones (excluding diaryl/α,β-unsaturated/α-hetero) is 1. The Kier molecular flexibility index (Phi) is 3.61. The Labute approximate surface area is 117 Å². The second-order valence-corrected chi connectivity index (χ2v) is 5.18. The molecule has 0 saturated carbocycles. The maximum Gasteiger partial charge on any atom is 0.154 e. The van der Waals surface area contributed by atoms with Crippen molar-refractivity contribution in [3.8, 4) is 0 Å². The van der Waals surface area contributed by atoms with E-state index in [1.165, 1.54) is 23.3 Å². The number of ketones is 1. The number of halogens is 1. The first kappa shape index (κ1) is 13.0. The minimum Gasteiger partial charge on any atom is -0.303 e. The molecule has 1 N–H and O–H groups in total. The standard InChI is InChI=1S/C17H16FNO/c18-15-7-5-12(6-8-15)9-17(20)16-10-13-3-1-2-4-14(13)11-19-16/h1-8,16,19H,9-11H2. The normalized spacial score (nSPS) is 17.6. The maximum absolute atomic E-state index is 12.8. The van der Waals surface area contributed by atoms with Gasteiger partial charge in [0.2, 0.25) is 0 Å². The highest BCUT2D eigenvalue weighted by molar-refractivity contribution is 5.86. The summed E-state index contributed by atoms with van der Waals surface area (Å²) >= 11 is 0. The Balaban J connectivity index is 1.68. The monoisotopic (exact) mass is 269 g/mol. The van der Waals surface area contributed by atoms with Gasteiger partial charge in [0.1, 0.15) is 5.82 Å². The molecule has 0 aromatic heterocycles. The molecule has 1 atom stereocenters. The molecule has 2 aromatic rings. The zero-order valence-electron chi connectivity index (χ0n) is 11.1. The van der Waals surface area contributed by atoms with Gasteiger partial charge in [-0.25, -0.2) is 4.39 Å². The third-order valence-corrected chi connectivity index (χ3v) is 3.76. The molecule has 0 spiro atoms. The van der Waals surface area contributed by atoms with Crippen molar-refractivity contribution in [2.45, 2.75) is 25.4 Å². The zero-order valence-corrected chi connectivity index (χ0v) is 11.1. The van der Waals surface area contributed by atoms with E-state index in [1.807, 2.05) is 12.1 Å². The van der Waals surface area contributed by atoms with Crippen LogP contribution in [-0.2, 0) is 24.2 Å². The Bertz CT molecular complexity index is 621.